The number of hydrogen-bond donors (Lipinski definition) is 2. The SMILES string of the molecule is Cn1ccnc1[C@@H]1OCCC[C@H]1CNCCc1cn[nH]c1. The normalized spacial score (nSPS) is 22.5. The lowest BCUT2D eigenvalue weighted by molar-refractivity contribution is -0.0342. The van der Waals surface area contributed by atoms with Crippen molar-refractivity contribution in [3.8, 4) is 0 Å². The van der Waals surface area contributed by atoms with Crippen LogP contribution in [0.2, 0.25) is 0 Å². The second kappa shape index (κ2) is 6.87. The van der Waals surface area contributed by atoms with Crippen molar-refractivity contribution in [3.63, 3.8) is 0 Å². The third kappa shape index (κ3) is 3.51. The summed E-state index contributed by atoms with van der Waals surface area (Å²) in [6.45, 7) is 2.77. The molecule has 114 valence electrons. The van der Waals surface area contributed by atoms with E-state index in [-0.39, 0.29) is 6.10 Å². The molecule has 3 rings (SSSR count). The zero-order chi connectivity index (χ0) is 14.5. The van der Waals surface area contributed by atoms with Crippen molar-refractivity contribution in [1.82, 2.24) is 25.1 Å². The Morgan fingerprint density at radius 1 is 1.52 bits per heavy atom. The summed E-state index contributed by atoms with van der Waals surface area (Å²) in [5.41, 5.74) is 1.24. The van der Waals surface area contributed by atoms with Crippen LogP contribution in [0.15, 0.2) is 24.8 Å². The van der Waals surface area contributed by atoms with Gasteiger partial charge in [-0.05, 0) is 31.4 Å². The molecule has 1 fully saturated rings. The van der Waals surface area contributed by atoms with Crippen molar-refractivity contribution >= 4 is 0 Å². The second-order valence-corrected chi connectivity index (χ2v) is 5.65. The molecule has 0 aromatic carbocycles. The standard InChI is InChI=1S/C15H23N5O/c1-20-7-6-17-15(20)14-13(3-2-8-21-14)11-16-5-4-12-9-18-19-10-12/h6-7,9-10,13-14,16H,2-5,8,11H2,1H3,(H,18,19)/t13-,14+/m0/s1. The summed E-state index contributed by atoms with van der Waals surface area (Å²) in [5, 5.41) is 10.4. The first-order valence-corrected chi connectivity index (χ1v) is 7.62. The molecule has 1 aliphatic heterocycles. The van der Waals surface area contributed by atoms with Crippen LogP contribution in [-0.2, 0) is 18.2 Å². The van der Waals surface area contributed by atoms with E-state index in [1.165, 1.54) is 12.0 Å². The molecule has 2 atom stereocenters. The molecule has 0 amide bonds. The van der Waals surface area contributed by atoms with Crippen LogP contribution < -0.4 is 5.32 Å². The summed E-state index contributed by atoms with van der Waals surface area (Å²) in [4.78, 5) is 4.46. The highest BCUT2D eigenvalue weighted by molar-refractivity contribution is 5.03. The van der Waals surface area contributed by atoms with Crippen LogP contribution in [0.1, 0.15) is 30.3 Å². The van der Waals surface area contributed by atoms with E-state index in [4.69, 9.17) is 4.74 Å². The molecule has 0 spiro atoms. The van der Waals surface area contributed by atoms with Gasteiger partial charge in [0.1, 0.15) is 11.9 Å². The van der Waals surface area contributed by atoms with Gasteiger partial charge in [-0.2, -0.15) is 5.10 Å². The number of H-pyrrole nitrogens is 1. The van der Waals surface area contributed by atoms with Crippen LogP contribution in [-0.4, -0.2) is 39.4 Å². The molecule has 2 aromatic rings. The van der Waals surface area contributed by atoms with Crippen LogP contribution in [0.3, 0.4) is 0 Å². The first-order chi connectivity index (χ1) is 10.3. The highest BCUT2D eigenvalue weighted by Crippen LogP contribution is 2.31. The second-order valence-electron chi connectivity index (χ2n) is 5.65. The van der Waals surface area contributed by atoms with Crippen LogP contribution in [0.5, 0.6) is 0 Å². The zero-order valence-corrected chi connectivity index (χ0v) is 12.5. The quantitative estimate of drug-likeness (QED) is 0.790. The Balaban J connectivity index is 1.51. The number of ether oxygens (including phenoxy) is 1. The largest absolute Gasteiger partial charge is 0.370 e. The third-order valence-electron chi connectivity index (χ3n) is 4.11. The van der Waals surface area contributed by atoms with Crippen LogP contribution in [0, 0.1) is 5.92 Å². The summed E-state index contributed by atoms with van der Waals surface area (Å²) >= 11 is 0. The smallest absolute Gasteiger partial charge is 0.137 e. The van der Waals surface area contributed by atoms with E-state index in [0.717, 1.165) is 38.4 Å². The molecule has 0 bridgehead atoms. The van der Waals surface area contributed by atoms with Gasteiger partial charge in [0, 0.05) is 44.7 Å². The number of aryl methyl sites for hydroxylation is 1. The van der Waals surface area contributed by atoms with Crippen molar-refractivity contribution in [2.75, 3.05) is 19.7 Å². The van der Waals surface area contributed by atoms with Gasteiger partial charge in [-0.15, -0.1) is 0 Å². The Morgan fingerprint density at radius 2 is 2.48 bits per heavy atom. The van der Waals surface area contributed by atoms with E-state index in [9.17, 15) is 0 Å². The Bertz CT molecular complexity index is 536. The average molecular weight is 289 g/mol. The van der Waals surface area contributed by atoms with Crippen molar-refractivity contribution in [1.29, 1.82) is 0 Å². The molecule has 2 aromatic heterocycles. The molecule has 21 heavy (non-hydrogen) atoms. The third-order valence-corrected chi connectivity index (χ3v) is 4.11. The molecule has 1 aliphatic rings. The fourth-order valence-corrected chi connectivity index (χ4v) is 2.92. The van der Waals surface area contributed by atoms with Gasteiger partial charge in [0.15, 0.2) is 0 Å². The van der Waals surface area contributed by atoms with E-state index in [1.807, 2.05) is 31.8 Å². The molecular formula is C15H23N5O. The summed E-state index contributed by atoms with van der Waals surface area (Å²) in [7, 11) is 2.03. The van der Waals surface area contributed by atoms with Gasteiger partial charge < -0.3 is 14.6 Å². The monoisotopic (exact) mass is 289 g/mol. The lowest BCUT2D eigenvalue weighted by Crippen LogP contribution is -2.33. The van der Waals surface area contributed by atoms with E-state index in [2.05, 4.69) is 25.1 Å². The van der Waals surface area contributed by atoms with Gasteiger partial charge in [-0.3, -0.25) is 5.10 Å². The number of nitrogens with zero attached hydrogens (tertiary/aromatic N) is 3. The van der Waals surface area contributed by atoms with Gasteiger partial charge in [0.25, 0.3) is 0 Å². The minimum atomic E-state index is 0.111. The van der Waals surface area contributed by atoms with Crippen LogP contribution >= 0.6 is 0 Å². The number of imidazole rings is 1. The van der Waals surface area contributed by atoms with E-state index in [1.54, 1.807) is 0 Å². The molecule has 0 radical (unpaired) electrons. The summed E-state index contributed by atoms with van der Waals surface area (Å²) in [5.74, 6) is 1.53. The maximum Gasteiger partial charge on any atom is 0.137 e. The van der Waals surface area contributed by atoms with Gasteiger partial charge in [-0.25, -0.2) is 4.98 Å². The molecule has 2 N–H and O–H groups in total. The van der Waals surface area contributed by atoms with E-state index < -0.39 is 0 Å². The van der Waals surface area contributed by atoms with Gasteiger partial charge in [0.2, 0.25) is 0 Å². The van der Waals surface area contributed by atoms with Crippen molar-refractivity contribution in [2.45, 2.75) is 25.4 Å². The molecule has 1 saturated heterocycles. The van der Waals surface area contributed by atoms with E-state index in [0.29, 0.717) is 5.92 Å². The summed E-state index contributed by atoms with van der Waals surface area (Å²) in [6.07, 6.45) is 11.1. The first-order valence-electron chi connectivity index (χ1n) is 7.62. The fraction of sp³-hybridized carbons (Fsp3) is 0.600. The minimum absolute atomic E-state index is 0.111. The fourth-order valence-electron chi connectivity index (χ4n) is 2.92. The first kappa shape index (κ1) is 14.3. The van der Waals surface area contributed by atoms with Crippen LogP contribution in [0.25, 0.3) is 0 Å². The molecule has 6 heteroatoms. The lowest BCUT2D eigenvalue weighted by atomic mass is 9.93. The zero-order valence-electron chi connectivity index (χ0n) is 12.5. The highest BCUT2D eigenvalue weighted by atomic mass is 16.5. The molecule has 0 saturated carbocycles. The van der Waals surface area contributed by atoms with E-state index >= 15 is 0 Å². The highest BCUT2D eigenvalue weighted by Gasteiger charge is 2.29. The Labute approximate surface area is 124 Å². The van der Waals surface area contributed by atoms with Crippen molar-refractivity contribution in [3.05, 3.63) is 36.2 Å². The average Bonchev–Trinajstić information content (AvgIpc) is 3.15. The Hall–Kier alpha value is -1.66. The van der Waals surface area contributed by atoms with Gasteiger partial charge in [-0.1, -0.05) is 0 Å². The minimum Gasteiger partial charge on any atom is -0.370 e. The summed E-state index contributed by atoms with van der Waals surface area (Å²) < 4.78 is 8.04. The maximum atomic E-state index is 5.98. The Kier molecular flexibility index (Phi) is 4.67. The number of aromatic nitrogens is 4. The number of nitrogens with one attached hydrogen (secondary N) is 2. The Morgan fingerprint density at radius 3 is 3.24 bits per heavy atom. The molecule has 6 nitrogen and oxygen atoms in total. The van der Waals surface area contributed by atoms with Crippen LogP contribution in [0.4, 0.5) is 0 Å². The van der Waals surface area contributed by atoms with Crippen molar-refractivity contribution in [2.24, 2.45) is 13.0 Å². The molecule has 0 unspecified atom stereocenters. The van der Waals surface area contributed by atoms with Gasteiger partial charge in [0.05, 0.1) is 6.20 Å². The summed E-state index contributed by atoms with van der Waals surface area (Å²) in [6, 6.07) is 0. The number of rotatable bonds is 6. The predicted octanol–water partition coefficient (Wildman–Crippen LogP) is 1.44. The molecular weight excluding hydrogens is 266 g/mol. The topological polar surface area (TPSA) is 67.8 Å². The molecule has 3 heterocycles. The number of aromatic amines is 1. The van der Waals surface area contributed by atoms with Crippen molar-refractivity contribution < 1.29 is 4.74 Å². The lowest BCUT2D eigenvalue weighted by Gasteiger charge is -2.31. The molecule has 0 aliphatic carbocycles. The number of hydrogen-bond acceptors (Lipinski definition) is 4. The predicted molar refractivity (Wildman–Crippen MR) is 79.8 cm³/mol. The van der Waals surface area contributed by atoms with Gasteiger partial charge >= 0.3 is 0 Å². The maximum absolute atomic E-state index is 5.98.